The van der Waals surface area contributed by atoms with E-state index in [4.69, 9.17) is 4.42 Å². The summed E-state index contributed by atoms with van der Waals surface area (Å²) in [6, 6.07) is 17.0. The molecule has 0 aliphatic heterocycles. The van der Waals surface area contributed by atoms with E-state index in [1.54, 1.807) is 0 Å². The number of para-hydroxylation sites is 1. The van der Waals surface area contributed by atoms with Crippen LogP contribution in [0.1, 0.15) is 28.5 Å². The maximum absolute atomic E-state index is 6.07. The lowest BCUT2D eigenvalue weighted by Gasteiger charge is -2.14. The third kappa shape index (κ3) is 2.23. The molecule has 2 heteroatoms. The van der Waals surface area contributed by atoms with Crippen LogP contribution in [-0.4, -0.2) is 7.05 Å². The van der Waals surface area contributed by atoms with E-state index < -0.39 is 0 Å². The number of furan rings is 1. The molecule has 1 heterocycles. The molecule has 1 unspecified atom stereocenters. The highest BCUT2D eigenvalue weighted by atomic mass is 16.3. The Balaban J connectivity index is 2.07. The predicted octanol–water partition coefficient (Wildman–Crippen LogP) is 4.36. The molecule has 3 rings (SSSR count). The van der Waals surface area contributed by atoms with Crippen LogP contribution in [0.2, 0.25) is 0 Å². The Hall–Kier alpha value is -2.06. The summed E-state index contributed by atoms with van der Waals surface area (Å²) in [6.07, 6.45) is 0. The summed E-state index contributed by atoms with van der Waals surface area (Å²) in [6.45, 7) is 4.18. The van der Waals surface area contributed by atoms with E-state index in [1.807, 2.05) is 7.05 Å². The van der Waals surface area contributed by atoms with Gasteiger partial charge >= 0.3 is 0 Å². The zero-order valence-corrected chi connectivity index (χ0v) is 12.1. The second-order valence-electron chi connectivity index (χ2n) is 5.27. The molecule has 0 bridgehead atoms. The average molecular weight is 265 g/mol. The largest absolute Gasteiger partial charge is 0.459 e. The molecule has 2 nitrogen and oxygen atoms in total. The second-order valence-corrected chi connectivity index (χ2v) is 5.27. The van der Waals surface area contributed by atoms with Crippen molar-refractivity contribution in [2.75, 3.05) is 7.05 Å². The molecule has 0 fully saturated rings. The number of aryl methyl sites for hydroxylation is 2. The summed E-state index contributed by atoms with van der Waals surface area (Å²) >= 11 is 0. The SMILES string of the molecule is CNC(c1ccc(C)cc1)c1cc2cccc(C)c2o1. The van der Waals surface area contributed by atoms with Gasteiger partial charge in [-0.1, -0.05) is 48.0 Å². The molecular weight excluding hydrogens is 246 g/mol. The third-order valence-electron chi connectivity index (χ3n) is 3.74. The first-order chi connectivity index (χ1) is 9.69. The minimum absolute atomic E-state index is 0.0856. The molecule has 3 aromatic rings. The van der Waals surface area contributed by atoms with Crippen molar-refractivity contribution in [1.29, 1.82) is 0 Å². The van der Waals surface area contributed by atoms with Crippen LogP contribution in [0.5, 0.6) is 0 Å². The molecule has 1 aromatic heterocycles. The maximum Gasteiger partial charge on any atom is 0.137 e. The first kappa shape index (κ1) is 12.9. The lowest BCUT2D eigenvalue weighted by atomic mass is 10.0. The van der Waals surface area contributed by atoms with Crippen LogP contribution in [0.4, 0.5) is 0 Å². The highest BCUT2D eigenvalue weighted by Gasteiger charge is 2.17. The normalized spacial score (nSPS) is 12.8. The molecule has 0 spiro atoms. The first-order valence-electron chi connectivity index (χ1n) is 6.92. The van der Waals surface area contributed by atoms with Gasteiger partial charge in [0, 0.05) is 5.39 Å². The van der Waals surface area contributed by atoms with Crippen molar-refractivity contribution >= 4 is 11.0 Å². The molecule has 0 saturated carbocycles. The Morgan fingerprint density at radius 3 is 2.40 bits per heavy atom. The monoisotopic (exact) mass is 265 g/mol. The molecule has 0 radical (unpaired) electrons. The lowest BCUT2D eigenvalue weighted by molar-refractivity contribution is 0.490. The van der Waals surface area contributed by atoms with Crippen molar-refractivity contribution in [1.82, 2.24) is 5.32 Å². The number of hydrogen-bond acceptors (Lipinski definition) is 2. The van der Waals surface area contributed by atoms with Gasteiger partial charge in [-0.05, 0) is 38.1 Å². The Morgan fingerprint density at radius 2 is 1.75 bits per heavy atom. The maximum atomic E-state index is 6.07. The summed E-state index contributed by atoms with van der Waals surface area (Å²) in [5, 5.41) is 4.50. The quantitative estimate of drug-likeness (QED) is 0.761. The number of hydrogen-bond donors (Lipinski definition) is 1. The van der Waals surface area contributed by atoms with Crippen LogP contribution in [-0.2, 0) is 0 Å². The lowest BCUT2D eigenvalue weighted by Crippen LogP contribution is -2.16. The van der Waals surface area contributed by atoms with E-state index >= 15 is 0 Å². The molecule has 20 heavy (non-hydrogen) atoms. The Kier molecular flexibility index (Phi) is 3.33. The second kappa shape index (κ2) is 5.14. The minimum atomic E-state index is 0.0856. The predicted molar refractivity (Wildman–Crippen MR) is 83.0 cm³/mol. The van der Waals surface area contributed by atoms with E-state index in [0.717, 1.165) is 16.7 Å². The van der Waals surface area contributed by atoms with E-state index in [1.165, 1.54) is 16.7 Å². The van der Waals surface area contributed by atoms with Gasteiger partial charge in [0.2, 0.25) is 0 Å². The fraction of sp³-hybridized carbons (Fsp3) is 0.222. The van der Waals surface area contributed by atoms with Crippen LogP contribution < -0.4 is 5.32 Å². The van der Waals surface area contributed by atoms with Crippen molar-refractivity contribution in [3.63, 3.8) is 0 Å². The van der Waals surface area contributed by atoms with Gasteiger partial charge in [0.15, 0.2) is 0 Å². The van der Waals surface area contributed by atoms with Crippen molar-refractivity contribution in [2.45, 2.75) is 19.9 Å². The minimum Gasteiger partial charge on any atom is -0.459 e. The van der Waals surface area contributed by atoms with Crippen LogP contribution >= 0.6 is 0 Å². The fourth-order valence-electron chi connectivity index (χ4n) is 2.60. The number of nitrogens with one attached hydrogen (secondary N) is 1. The van der Waals surface area contributed by atoms with Crippen LogP contribution in [0.3, 0.4) is 0 Å². The molecule has 0 aliphatic carbocycles. The van der Waals surface area contributed by atoms with Gasteiger partial charge in [-0.15, -0.1) is 0 Å². The van der Waals surface area contributed by atoms with Crippen LogP contribution in [0.15, 0.2) is 52.9 Å². The molecule has 102 valence electrons. The molecule has 2 aromatic carbocycles. The van der Waals surface area contributed by atoms with Gasteiger partial charge in [-0.2, -0.15) is 0 Å². The highest BCUT2D eigenvalue weighted by Crippen LogP contribution is 2.29. The highest BCUT2D eigenvalue weighted by molar-refractivity contribution is 5.81. The van der Waals surface area contributed by atoms with Crippen molar-refractivity contribution in [2.24, 2.45) is 0 Å². The zero-order valence-electron chi connectivity index (χ0n) is 12.1. The topological polar surface area (TPSA) is 25.2 Å². The fourth-order valence-corrected chi connectivity index (χ4v) is 2.60. The van der Waals surface area contributed by atoms with Gasteiger partial charge in [0.25, 0.3) is 0 Å². The molecule has 1 N–H and O–H groups in total. The van der Waals surface area contributed by atoms with Crippen LogP contribution in [0.25, 0.3) is 11.0 Å². The number of fused-ring (bicyclic) bond motifs is 1. The van der Waals surface area contributed by atoms with Gasteiger partial charge in [-0.3, -0.25) is 0 Å². The van der Waals surface area contributed by atoms with E-state index in [9.17, 15) is 0 Å². The van der Waals surface area contributed by atoms with E-state index in [0.29, 0.717) is 0 Å². The molecule has 0 amide bonds. The summed E-state index contributed by atoms with van der Waals surface area (Å²) in [5.41, 5.74) is 4.64. The zero-order chi connectivity index (χ0) is 14.1. The number of benzene rings is 2. The summed E-state index contributed by atoms with van der Waals surface area (Å²) in [7, 11) is 1.96. The van der Waals surface area contributed by atoms with Crippen molar-refractivity contribution < 1.29 is 4.42 Å². The van der Waals surface area contributed by atoms with Crippen molar-refractivity contribution in [3.05, 3.63) is 71.0 Å². The van der Waals surface area contributed by atoms with Gasteiger partial charge in [0.05, 0.1) is 6.04 Å². The van der Waals surface area contributed by atoms with Crippen LogP contribution in [0, 0.1) is 13.8 Å². The summed E-state index contributed by atoms with van der Waals surface area (Å²) in [5.74, 6) is 0.959. The van der Waals surface area contributed by atoms with Gasteiger partial charge < -0.3 is 9.73 Å². The van der Waals surface area contributed by atoms with Crippen molar-refractivity contribution in [3.8, 4) is 0 Å². The Labute approximate surface area is 119 Å². The average Bonchev–Trinajstić information content (AvgIpc) is 2.87. The Bertz CT molecular complexity index is 725. The summed E-state index contributed by atoms with van der Waals surface area (Å²) < 4.78 is 6.07. The standard InChI is InChI=1S/C18H19NO/c1-12-7-9-14(10-8-12)17(19-3)16-11-15-6-4-5-13(2)18(15)20-16/h4-11,17,19H,1-3H3. The van der Waals surface area contributed by atoms with E-state index in [2.05, 4.69) is 67.7 Å². The summed E-state index contributed by atoms with van der Waals surface area (Å²) in [4.78, 5) is 0. The van der Waals surface area contributed by atoms with Gasteiger partial charge in [0.1, 0.15) is 11.3 Å². The third-order valence-corrected chi connectivity index (χ3v) is 3.74. The molecule has 1 atom stereocenters. The van der Waals surface area contributed by atoms with Gasteiger partial charge in [-0.25, -0.2) is 0 Å². The molecular formula is C18H19NO. The molecule has 0 aliphatic rings. The smallest absolute Gasteiger partial charge is 0.137 e. The van der Waals surface area contributed by atoms with E-state index in [-0.39, 0.29) is 6.04 Å². The first-order valence-corrected chi connectivity index (χ1v) is 6.92. The Morgan fingerprint density at radius 1 is 1.00 bits per heavy atom. The molecule has 0 saturated heterocycles. The number of rotatable bonds is 3.